The molecule has 3 atom stereocenters. The van der Waals surface area contributed by atoms with Gasteiger partial charge >= 0.3 is 6.03 Å². The number of imidazole rings is 1. The van der Waals surface area contributed by atoms with Crippen LogP contribution in [0.3, 0.4) is 0 Å². The summed E-state index contributed by atoms with van der Waals surface area (Å²) in [4.78, 5) is 36.2. The van der Waals surface area contributed by atoms with Crippen LogP contribution in [0, 0.1) is 16.3 Å². The van der Waals surface area contributed by atoms with Gasteiger partial charge in [-0.05, 0) is 71.0 Å². The van der Waals surface area contributed by atoms with E-state index < -0.39 is 42.6 Å². The molecule has 4 aromatic rings. The summed E-state index contributed by atoms with van der Waals surface area (Å²) in [6, 6.07) is 18.6. The molecule has 41 heavy (non-hydrogen) atoms. The molecule has 0 saturated carbocycles. The van der Waals surface area contributed by atoms with Gasteiger partial charge in [0.05, 0.1) is 12.3 Å². The van der Waals surface area contributed by atoms with Gasteiger partial charge in [-0.15, -0.1) is 0 Å². The van der Waals surface area contributed by atoms with Crippen LogP contribution in [0.4, 0.5) is 9.18 Å². The number of aliphatic hydroxyl groups is 2. The fourth-order valence-electron chi connectivity index (χ4n) is 4.75. The maximum absolute atomic E-state index is 14.9. The summed E-state index contributed by atoms with van der Waals surface area (Å²) in [6.45, 7) is 1.28. The van der Waals surface area contributed by atoms with E-state index in [0.29, 0.717) is 40.5 Å². The fraction of sp³-hybridized carbons (Fsp3) is 0.233. The number of hydrogen-bond donors (Lipinski definition) is 4. The topological polar surface area (TPSA) is 128 Å². The molecular formula is C30H28FIN4O5. The third-order valence-electron chi connectivity index (χ3n) is 6.83. The summed E-state index contributed by atoms with van der Waals surface area (Å²) in [5, 5.41) is 21.2. The number of rotatable bonds is 10. The Bertz CT molecular complexity index is 1550. The molecule has 1 aromatic heterocycles. The number of imide groups is 1. The van der Waals surface area contributed by atoms with Crippen molar-refractivity contribution in [1.29, 1.82) is 0 Å². The fourth-order valence-corrected chi connectivity index (χ4v) is 5.20. The molecule has 3 aromatic carbocycles. The van der Waals surface area contributed by atoms with E-state index in [4.69, 9.17) is 14.8 Å². The second-order valence-corrected chi connectivity index (χ2v) is 11.0. The first-order chi connectivity index (χ1) is 19.7. The van der Waals surface area contributed by atoms with Crippen molar-refractivity contribution in [2.75, 3.05) is 13.2 Å². The number of benzene rings is 3. The van der Waals surface area contributed by atoms with E-state index in [1.165, 1.54) is 11.0 Å². The molecule has 11 heteroatoms. The molecule has 1 saturated heterocycles. The van der Waals surface area contributed by atoms with Gasteiger partial charge in [0, 0.05) is 21.2 Å². The Morgan fingerprint density at radius 1 is 1.10 bits per heavy atom. The Hall–Kier alpha value is -3.81. The number of amides is 3. The van der Waals surface area contributed by atoms with Gasteiger partial charge in [-0.3, -0.25) is 9.69 Å². The molecule has 9 nitrogen and oxygen atoms in total. The van der Waals surface area contributed by atoms with E-state index in [1.54, 1.807) is 43.3 Å². The molecule has 5 rings (SSSR count). The van der Waals surface area contributed by atoms with Gasteiger partial charge < -0.3 is 25.3 Å². The van der Waals surface area contributed by atoms with Crippen molar-refractivity contribution >= 4 is 34.5 Å². The predicted octanol–water partition coefficient (Wildman–Crippen LogP) is 4.44. The van der Waals surface area contributed by atoms with Gasteiger partial charge in [0.1, 0.15) is 42.2 Å². The number of aromatic amines is 1. The Balaban J connectivity index is 1.45. The zero-order chi connectivity index (χ0) is 29.1. The molecular weight excluding hydrogens is 642 g/mol. The van der Waals surface area contributed by atoms with E-state index in [2.05, 4.69) is 10.3 Å². The SMILES string of the molecule is Cc1[nH]c(C(Cc2ccccc2)N2C(=O)N[C@H](c3ccc(OC[C@H](O)CO)cc3)C2=O)nc1-c1ccc(I)cc1F. The van der Waals surface area contributed by atoms with E-state index in [0.717, 1.165) is 9.13 Å². The minimum atomic E-state index is -1.01. The normalized spacial score (nSPS) is 16.5. The van der Waals surface area contributed by atoms with E-state index in [9.17, 15) is 19.1 Å². The minimum absolute atomic E-state index is 0.0828. The first kappa shape index (κ1) is 28.7. The molecule has 1 fully saturated rings. The van der Waals surface area contributed by atoms with Crippen molar-refractivity contribution < 1.29 is 28.9 Å². The number of nitrogens with zero attached hydrogens (tertiary/aromatic N) is 2. The largest absolute Gasteiger partial charge is 0.491 e. The summed E-state index contributed by atoms with van der Waals surface area (Å²) in [5.74, 6) is -0.0461. The number of H-pyrrole nitrogens is 1. The number of halogens is 2. The summed E-state index contributed by atoms with van der Waals surface area (Å²) in [5.41, 5.74) is 2.80. The van der Waals surface area contributed by atoms with Crippen molar-refractivity contribution in [3.8, 4) is 17.0 Å². The number of urea groups is 1. The number of carbonyl (C=O) groups excluding carboxylic acids is 2. The summed E-state index contributed by atoms with van der Waals surface area (Å²) >= 11 is 2.04. The van der Waals surface area contributed by atoms with Crippen molar-refractivity contribution in [3.05, 3.63) is 105 Å². The van der Waals surface area contributed by atoms with Crippen LogP contribution in [0.15, 0.2) is 72.8 Å². The van der Waals surface area contributed by atoms with Crippen LogP contribution in [-0.2, 0) is 11.2 Å². The molecule has 0 aliphatic carbocycles. The molecule has 1 unspecified atom stereocenters. The minimum Gasteiger partial charge on any atom is -0.491 e. The van der Waals surface area contributed by atoms with Crippen LogP contribution >= 0.6 is 22.6 Å². The zero-order valence-corrected chi connectivity index (χ0v) is 24.2. The molecule has 0 bridgehead atoms. The van der Waals surface area contributed by atoms with E-state index in [1.807, 2.05) is 52.9 Å². The highest BCUT2D eigenvalue weighted by Gasteiger charge is 2.44. The number of carbonyl (C=O) groups is 2. The Morgan fingerprint density at radius 3 is 2.51 bits per heavy atom. The van der Waals surface area contributed by atoms with Crippen molar-refractivity contribution in [2.45, 2.75) is 31.5 Å². The first-order valence-electron chi connectivity index (χ1n) is 13.0. The van der Waals surface area contributed by atoms with E-state index >= 15 is 0 Å². The summed E-state index contributed by atoms with van der Waals surface area (Å²) in [7, 11) is 0. The van der Waals surface area contributed by atoms with Crippen molar-refractivity contribution in [3.63, 3.8) is 0 Å². The van der Waals surface area contributed by atoms with Crippen LogP contribution in [-0.4, -0.2) is 56.3 Å². The van der Waals surface area contributed by atoms with Gasteiger partial charge in [0.2, 0.25) is 0 Å². The quantitative estimate of drug-likeness (QED) is 0.146. The summed E-state index contributed by atoms with van der Waals surface area (Å²) in [6.07, 6.45) is -0.706. The third-order valence-corrected chi connectivity index (χ3v) is 7.50. The number of aromatic nitrogens is 2. The number of nitrogens with one attached hydrogen (secondary N) is 2. The van der Waals surface area contributed by atoms with Crippen LogP contribution in [0.5, 0.6) is 5.75 Å². The smallest absolute Gasteiger partial charge is 0.325 e. The third kappa shape index (κ3) is 6.26. The van der Waals surface area contributed by atoms with Crippen molar-refractivity contribution in [2.24, 2.45) is 0 Å². The average Bonchev–Trinajstić information content (AvgIpc) is 3.49. The Kier molecular flexibility index (Phi) is 8.66. The Labute approximate surface area is 249 Å². The maximum Gasteiger partial charge on any atom is 0.325 e. The van der Waals surface area contributed by atoms with Crippen LogP contribution in [0.1, 0.15) is 34.7 Å². The molecule has 1 aliphatic heterocycles. The summed E-state index contributed by atoms with van der Waals surface area (Å²) < 4.78 is 21.0. The predicted molar refractivity (Wildman–Crippen MR) is 157 cm³/mol. The molecule has 4 N–H and O–H groups in total. The van der Waals surface area contributed by atoms with Crippen LogP contribution in [0.2, 0.25) is 0 Å². The second-order valence-electron chi connectivity index (χ2n) is 9.73. The highest BCUT2D eigenvalue weighted by molar-refractivity contribution is 14.1. The number of ether oxygens (including phenoxy) is 1. The van der Waals surface area contributed by atoms with Crippen LogP contribution < -0.4 is 10.1 Å². The number of hydrogen-bond acceptors (Lipinski definition) is 6. The second kappa shape index (κ2) is 12.4. The lowest BCUT2D eigenvalue weighted by Crippen LogP contribution is -2.36. The standard InChI is InChI=1S/C30H28FIN4O5/c1-17-26(23-12-9-20(32)14-24(23)31)34-28(33-17)25(13-18-5-3-2-4-6-18)36-29(39)27(35-30(36)40)19-7-10-22(11-8-19)41-16-21(38)15-37/h2-12,14,21,25,27,37-38H,13,15-16H2,1H3,(H,33,34)(H,35,40)/t21-,25?,27-/m1/s1. The average molecular weight is 670 g/mol. The van der Waals surface area contributed by atoms with Gasteiger partial charge in [0.25, 0.3) is 5.91 Å². The van der Waals surface area contributed by atoms with Crippen LogP contribution in [0.25, 0.3) is 11.3 Å². The zero-order valence-electron chi connectivity index (χ0n) is 22.1. The van der Waals surface area contributed by atoms with Crippen molar-refractivity contribution in [1.82, 2.24) is 20.2 Å². The number of aliphatic hydroxyl groups excluding tert-OH is 2. The lowest BCUT2D eigenvalue weighted by molar-refractivity contribution is -0.129. The number of aryl methyl sites for hydroxylation is 1. The molecule has 1 aliphatic rings. The van der Waals surface area contributed by atoms with Gasteiger partial charge in [0.15, 0.2) is 0 Å². The Morgan fingerprint density at radius 2 is 1.83 bits per heavy atom. The van der Waals surface area contributed by atoms with E-state index in [-0.39, 0.29) is 6.61 Å². The molecule has 212 valence electrons. The first-order valence-corrected chi connectivity index (χ1v) is 14.0. The molecule has 3 amide bonds. The monoisotopic (exact) mass is 670 g/mol. The van der Waals surface area contributed by atoms with Gasteiger partial charge in [-0.1, -0.05) is 42.5 Å². The lowest BCUT2D eigenvalue weighted by Gasteiger charge is -2.24. The molecule has 0 spiro atoms. The molecule has 2 heterocycles. The maximum atomic E-state index is 14.9. The van der Waals surface area contributed by atoms with Gasteiger partial charge in [-0.25, -0.2) is 14.2 Å². The lowest BCUT2D eigenvalue weighted by atomic mass is 10.0. The highest BCUT2D eigenvalue weighted by atomic mass is 127. The molecule has 0 radical (unpaired) electrons. The highest BCUT2D eigenvalue weighted by Crippen LogP contribution is 2.34. The van der Waals surface area contributed by atoms with Gasteiger partial charge in [-0.2, -0.15) is 0 Å².